The average molecular weight is 301 g/mol. The number of nitrogens with one attached hydrogen (secondary N) is 2. The van der Waals surface area contributed by atoms with Crippen molar-refractivity contribution >= 4 is 23.2 Å². The highest BCUT2D eigenvalue weighted by Crippen LogP contribution is 2.25. The molecule has 3 rings (SSSR count). The maximum atomic E-state index is 12.0. The molecule has 116 valence electrons. The van der Waals surface area contributed by atoms with E-state index in [1.807, 2.05) is 24.3 Å². The van der Waals surface area contributed by atoms with Gasteiger partial charge in [0.25, 0.3) is 5.91 Å². The molecule has 0 unspecified atom stereocenters. The summed E-state index contributed by atoms with van der Waals surface area (Å²) in [6.45, 7) is 0. The lowest BCUT2D eigenvalue weighted by Gasteiger charge is -2.14. The van der Waals surface area contributed by atoms with Gasteiger partial charge in [0.15, 0.2) is 0 Å². The molecule has 0 saturated heterocycles. The summed E-state index contributed by atoms with van der Waals surface area (Å²) in [4.78, 5) is 23.0. The van der Waals surface area contributed by atoms with Crippen LogP contribution in [-0.4, -0.2) is 23.6 Å². The topological polar surface area (TPSA) is 79.8 Å². The summed E-state index contributed by atoms with van der Waals surface area (Å²) in [5.41, 5.74) is 3.34. The van der Waals surface area contributed by atoms with Crippen LogP contribution >= 0.6 is 0 Å². The Hall–Kier alpha value is -2.37. The molecule has 2 N–H and O–H groups in total. The molecule has 6 nitrogen and oxygen atoms in total. The smallest absolute Gasteiger partial charge is 0.271 e. The third-order valence-electron chi connectivity index (χ3n) is 3.88. The largest absolute Gasteiger partial charge is 0.490 e. The normalized spacial score (nSPS) is 18.5. The highest BCUT2D eigenvalue weighted by Gasteiger charge is 2.19. The second-order valence-electron chi connectivity index (χ2n) is 5.60. The Morgan fingerprint density at radius 3 is 2.55 bits per heavy atom. The highest BCUT2D eigenvalue weighted by molar-refractivity contribution is 6.43. The Labute approximate surface area is 128 Å². The zero-order valence-corrected chi connectivity index (χ0v) is 12.3. The summed E-state index contributed by atoms with van der Waals surface area (Å²) < 4.78 is 5.88. The zero-order chi connectivity index (χ0) is 15.4. The van der Waals surface area contributed by atoms with Gasteiger partial charge in [-0.15, -0.1) is 0 Å². The van der Waals surface area contributed by atoms with E-state index in [1.165, 1.54) is 12.8 Å². The molecule has 0 radical (unpaired) electrons. The lowest BCUT2D eigenvalue weighted by molar-refractivity contribution is -0.121. The Morgan fingerprint density at radius 1 is 1.18 bits per heavy atom. The minimum atomic E-state index is -0.288. The summed E-state index contributed by atoms with van der Waals surface area (Å²) in [6, 6.07) is 7.34. The van der Waals surface area contributed by atoms with Crippen molar-refractivity contribution in [1.82, 2.24) is 5.43 Å². The first-order valence-corrected chi connectivity index (χ1v) is 7.64. The second-order valence-corrected chi connectivity index (χ2v) is 5.60. The molecule has 2 amide bonds. The Bertz CT molecular complexity index is 589. The molecule has 0 atom stereocenters. The lowest BCUT2D eigenvalue weighted by atomic mass is 10.1. The maximum absolute atomic E-state index is 12.0. The molecule has 6 heteroatoms. The minimum absolute atomic E-state index is 0.162. The van der Waals surface area contributed by atoms with Crippen LogP contribution in [0.15, 0.2) is 29.4 Å². The Morgan fingerprint density at radius 2 is 1.91 bits per heavy atom. The van der Waals surface area contributed by atoms with Gasteiger partial charge in [-0.3, -0.25) is 9.59 Å². The van der Waals surface area contributed by atoms with E-state index in [4.69, 9.17) is 4.74 Å². The average Bonchev–Trinajstić information content (AvgIpc) is 3.03. The number of hydrazone groups is 1. The van der Waals surface area contributed by atoms with Crippen molar-refractivity contribution in [1.29, 1.82) is 0 Å². The number of benzene rings is 1. The van der Waals surface area contributed by atoms with Crippen LogP contribution in [0.5, 0.6) is 5.75 Å². The van der Waals surface area contributed by atoms with Gasteiger partial charge in [-0.25, -0.2) is 5.43 Å². The maximum Gasteiger partial charge on any atom is 0.271 e. The van der Waals surface area contributed by atoms with Crippen LogP contribution in [0.4, 0.5) is 5.69 Å². The first-order chi connectivity index (χ1) is 10.7. The van der Waals surface area contributed by atoms with Gasteiger partial charge in [0, 0.05) is 18.5 Å². The number of hydrogen-bond donors (Lipinski definition) is 2. The van der Waals surface area contributed by atoms with Crippen LogP contribution in [0.25, 0.3) is 0 Å². The van der Waals surface area contributed by atoms with E-state index in [0.29, 0.717) is 30.3 Å². The molecular weight excluding hydrogens is 282 g/mol. The zero-order valence-electron chi connectivity index (χ0n) is 12.3. The van der Waals surface area contributed by atoms with E-state index >= 15 is 0 Å². The first kappa shape index (κ1) is 14.6. The molecule has 2 aliphatic rings. The molecule has 0 aromatic heterocycles. The first-order valence-electron chi connectivity index (χ1n) is 7.64. The van der Waals surface area contributed by atoms with Gasteiger partial charge < -0.3 is 10.1 Å². The molecular formula is C16H19N3O3. The van der Waals surface area contributed by atoms with Gasteiger partial charge in [-0.1, -0.05) is 0 Å². The Balaban J connectivity index is 1.56. The van der Waals surface area contributed by atoms with Gasteiger partial charge in [0.1, 0.15) is 11.5 Å². The Kier molecular flexibility index (Phi) is 4.37. The van der Waals surface area contributed by atoms with Gasteiger partial charge in [-0.05, 0) is 49.9 Å². The number of rotatable bonds is 4. The highest BCUT2D eigenvalue weighted by atomic mass is 16.5. The molecule has 0 bridgehead atoms. The molecule has 1 saturated carbocycles. The van der Waals surface area contributed by atoms with E-state index in [1.54, 1.807) is 0 Å². The van der Waals surface area contributed by atoms with E-state index in [9.17, 15) is 9.59 Å². The molecule has 1 heterocycles. The quantitative estimate of drug-likeness (QED) is 0.895. The number of carbonyl (C=O) groups is 2. The summed E-state index contributed by atoms with van der Waals surface area (Å²) in [7, 11) is 0. The van der Waals surface area contributed by atoms with Crippen molar-refractivity contribution < 1.29 is 14.3 Å². The van der Waals surface area contributed by atoms with E-state index in [-0.39, 0.29) is 11.8 Å². The van der Waals surface area contributed by atoms with Crippen LogP contribution < -0.4 is 15.5 Å². The molecule has 1 fully saturated rings. The summed E-state index contributed by atoms with van der Waals surface area (Å²) in [5, 5.41) is 6.54. The van der Waals surface area contributed by atoms with Crippen LogP contribution in [0, 0.1) is 0 Å². The van der Waals surface area contributed by atoms with Crippen LogP contribution in [0.1, 0.15) is 38.5 Å². The second kappa shape index (κ2) is 6.60. The van der Waals surface area contributed by atoms with Crippen LogP contribution in [-0.2, 0) is 9.59 Å². The lowest BCUT2D eigenvalue weighted by Crippen LogP contribution is -2.32. The van der Waals surface area contributed by atoms with Crippen LogP contribution in [0.2, 0.25) is 0 Å². The number of carbonyl (C=O) groups excluding carboxylic acids is 2. The number of amides is 2. The van der Waals surface area contributed by atoms with Crippen molar-refractivity contribution in [3.05, 3.63) is 24.3 Å². The molecule has 1 aromatic carbocycles. The van der Waals surface area contributed by atoms with Crippen molar-refractivity contribution in [2.24, 2.45) is 5.10 Å². The third-order valence-corrected chi connectivity index (χ3v) is 3.88. The third kappa shape index (κ3) is 3.63. The number of anilines is 1. The number of ether oxygens (including phenoxy) is 1. The van der Waals surface area contributed by atoms with Crippen LogP contribution in [0.3, 0.4) is 0 Å². The summed E-state index contributed by atoms with van der Waals surface area (Å²) in [6.07, 6.45) is 5.67. The fourth-order valence-corrected chi connectivity index (χ4v) is 2.66. The molecule has 1 aliphatic heterocycles. The van der Waals surface area contributed by atoms with Crippen molar-refractivity contribution in [2.75, 3.05) is 5.32 Å². The fourth-order valence-electron chi connectivity index (χ4n) is 2.66. The molecule has 0 spiro atoms. The predicted octanol–water partition coefficient (Wildman–Crippen LogP) is 2.21. The van der Waals surface area contributed by atoms with E-state index in [2.05, 4.69) is 15.8 Å². The van der Waals surface area contributed by atoms with Gasteiger partial charge in [0.2, 0.25) is 5.91 Å². The predicted molar refractivity (Wildman–Crippen MR) is 82.8 cm³/mol. The fraction of sp³-hybridized carbons (Fsp3) is 0.438. The number of nitrogens with zero attached hydrogens (tertiary/aromatic N) is 1. The number of hydrogen-bond acceptors (Lipinski definition) is 4. The molecule has 22 heavy (non-hydrogen) atoms. The molecule has 1 aromatic rings. The molecule has 1 aliphatic carbocycles. The van der Waals surface area contributed by atoms with E-state index in [0.717, 1.165) is 18.6 Å². The van der Waals surface area contributed by atoms with Crippen molar-refractivity contribution in [3.8, 4) is 5.75 Å². The van der Waals surface area contributed by atoms with Gasteiger partial charge >= 0.3 is 0 Å². The summed E-state index contributed by atoms with van der Waals surface area (Å²) in [5.74, 6) is 0.376. The minimum Gasteiger partial charge on any atom is -0.490 e. The van der Waals surface area contributed by atoms with Crippen molar-refractivity contribution in [3.63, 3.8) is 0 Å². The van der Waals surface area contributed by atoms with Gasteiger partial charge in [-0.2, -0.15) is 5.10 Å². The van der Waals surface area contributed by atoms with Gasteiger partial charge in [0.05, 0.1) is 6.10 Å². The standard InChI is InChI=1S/C16H19N3O3/c20-15-10-9-14(18-19-15)16(21)17-11-5-7-13(8-6-11)22-12-3-1-2-4-12/h5-8,12H,1-4,9-10H2,(H,17,21)(H,19,20). The summed E-state index contributed by atoms with van der Waals surface area (Å²) >= 11 is 0. The van der Waals surface area contributed by atoms with Crippen molar-refractivity contribution in [2.45, 2.75) is 44.6 Å². The van der Waals surface area contributed by atoms with E-state index < -0.39 is 0 Å². The SMILES string of the molecule is O=C1CCC(C(=O)Nc2ccc(OC3CCCC3)cc2)=NN1. The monoisotopic (exact) mass is 301 g/mol.